The van der Waals surface area contributed by atoms with Gasteiger partial charge in [-0.15, -0.1) is 24.0 Å². The Bertz CT molecular complexity index is 702. The maximum Gasteiger partial charge on any atom is 0.221 e. The molecule has 0 saturated heterocycles. The predicted molar refractivity (Wildman–Crippen MR) is 114 cm³/mol. The fraction of sp³-hybridized carbons (Fsp3) is 0.263. The number of guanidine groups is 1. The SMILES string of the molecule is CC(=O)Nc1cccc(CN=C(NCc2ccccc2)N(C)C)c1.I. The Hall–Kier alpha value is -2.09. The number of amides is 1. The van der Waals surface area contributed by atoms with Crippen molar-refractivity contribution in [1.29, 1.82) is 0 Å². The zero-order chi connectivity index (χ0) is 17.4. The zero-order valence-corrected chi connectivity index (χ0v) is 17.2. The lowest BCUT2D eigenvalue weighted by molar-refractivity contribution is -0.114. The number of aliphatic imine (C=N–C) groups is 1. The topological polar surface area (TPSA) is 56.7 Å². The van der Waals surface area contributed by atoms with E-state index in [0.29, 0.717) is 6.54 Å². The van der Waals surface area contributed by atoms with E-state index in [9.17, 15) is 4.79 Å². The molecule has 0 heterocycles. The highest BCUT2D eigenvalue weighted by molar-refractivity contribution is 14.0. The second-order valence-electron chi connectivity index (χ2n) is 5.75. The Labute approximate surface area is 166 Å². The van der Waals surface area contributed by atoms with Gasteiger partial charge in [0, 0.05) is 33.3 Å². The summed E-state index contributed by atoms with van der Waals surface area (Å²) in [6.45, 7) is 2.77. The number of nitrogens with zero attached hydrogens (tertiary/aromatic N) is 2. The third-order valence-corrected chi connectivity index (χ3v) is 3.38. The summed E-state index contributed by atoms with van der Waals surface area (Å²) in [5.74, 6) is 0.748. The molecule has 2 aromatic carbocycles. The Morgan fingerprint density at radius 3 is 2.36 bits per heavy atom. The van der Waals surface area contributed by atoms with E-state index >= 15 is 0 Å². The highest BCUT2D eigenvalue weighted by atomic mass is 127. The highest BCUT2D eigenvalue weighted by Crippen LogP contribution is 2.11. The standard InChI is InChI=1S/C19H24N4O.HI/c1-15(24)22-18-11-7-10-17(12-18)14-21-19(23(2)3)20-13-16-8-5-4-6-9-16;/h4-12H,13-14H2,1-3H3,(H,20,21)(H,22,24);1H. The summed E-state index contributed by atoms with van der Waals surface area (Å²) < 4.78 is 0. The van der Waals surface area contributed by atoms with Crippen molar-refractivity contribution >= 4 is 41.5 Å². The van der Waals surface area contributed by atoms with Crippen LogP contribution in [0.3, 0.4) is 0 Å². The van der Waals surface area contributed by atoms with Gasteiger partial charge in [-0.2, -0.15) is 0 Å². The van der Waals surface area contributed by atoms with Crippen molar-refractivity contribution in [2.24, 2.45) is 4.99 Å². The van der Waals surface area contributed by atoms with Gasteiger partial charge in [0.05, 0.1) is 6.54 Å². The molecule has 0 fully saturated rings. The average Bonchev–Trinajstić information content (AvgIpc) is 2.55. The van der Waals surface area contributed by atoms with Crippen molar-refractivity contribution in [3.05, 3.63) is 65.7 Å². The number of rotatable bonds is 5. The molecule has 0 aliphatic carbocycles. The summed E-state index contributed by atoms with van der Waals surface area (Å²) in [5, 5.41) is 6.15. The Morgan fingerprint density at radius 2 is 1.72 bits per heavy atom. The fourth-order valence-corrected chi connectivity index (χ4v) is 2.25. The lowest BCUT2D eigenvalue weighted by Crippen LogP contribution is -2.36. The van der Waals surface area contributed by atoms with Crippen LogP contribution < -0.4 is 10.6 Å². The quantitative estimate of drug-likeness (QED) is 0.415. The summed E-state index contributed by atoms with van der Waals surface area (Å²) in [6, 6.07) is 17.9. The molecule has 0 unspecified atom stereocenters. The molecule has 0 atom stereocenters. The molecule has 2 aromatic rings. The molecule has 2 N–H and O–H groups in total. The van der Waals surface area contributed by atoms with Crippen molar-refractivity contribution in [1.82, 2.24) is 10.2 Å². The van der Waals surface area contributed by atoms with Crippen LogP contribution >= 0.6 is 24.0 Å². The molecule has 134 valence electrons. The summed E-state index contributed by atoms with van der Waals surface area (Å²) in [6.07, 6.45) is 0. The zero-order valence-electron chi connectivity index (χ0n) is 14.8. The van der Waals surface area contributed by atoms with Gasteiger partial charge in [-0.3, -0.25) is 4.79 Å². The molecular formula is C19H25IN4O. The minimum Gasteiger partial charge on any atom is -0.352 e. The van der Waals surface area contributed by atoms with Gasteiger partial charge >= 0.3 is 0 Å². The first kappa shape index (κ1) is 21.0. The van der Waals surface area contributed by atoms with E-state index in [1.807, 2.05) is 61.5 Å². The molecule has 0 aromatic heterocycles. The van der Waals surface area contributed by atoms with Crippen LogP contribution in [0.25, 0.3) is 0 Å². The molecule has 5 nitrogen and oxygen atoms in total. The summed E-state index contributed by atoms with van der Waals surface area (Å²) in [4.78, 5) is 17.8. The highest BCUT2D eigenvalue weighted by Gasteiger charge is 2.03. The first-order valence-corrected chi connectivity index (χ1v) is 7.90. The maximum absolute atomic E-state index is 11.1. The number of carbonyl (C=O) groups excluding carboxylic acids is 1. The largest absolute Gasteiger partial charge is 0.352 e. The van der Waals surface area contributed by atoms with Crippen molar-refractivity contribution in [3.8, 4) is 0 Å². The number of hydrogen-bond acceptors (Lipinski definition) is 2. The van der Waals surface area contributed by atoms with Gasteiger partial charge < -0.3 is 15.5 Å². The third kappa shape index (κ3) is 7.55. The van der Waals surface area contributed by atoms with E-state index in [4.69, 9.17) is 0 Å². The lowest BCUT2D eigenvalue weighted by Gasteiger charge is -2.18. The van der Waals surface area contributed by atoms with E-state index in [1.165, 1.54) is 12.5 Å². The van der Waals surface area contributed by atoms with Gasteiger partial charge in [0.2, 0.25) is 5.91 Å². The minimum atomic E-state index is -0.0749. The van der Waals surface area contributed by atoms with Crippen molar-refractivity contribution in [2.45, 2.75) is 20.0 Å². The van der Waals surface area contributed by atoms with Gasteiger partial charge in [-0.1, -0.05) is 42.5 Å². The van der Waals surface area contributed by atoms with Crippen LogP contribution in [0.2, 0.25) is 0 Å². The molecule has 2 rings (SSSR count). The van der Waals surface area contributed by atoms with Gasteiger partial charge in [-0.25, -0.2) is 4.99 Å². The summed E-state index contributed by atoms with van der Waals surface area (Å²) in [5.41, 5.74) is 3.04. The molecule has 0 bridgehead atoms. The van der Waals surface area contributed by atoms with Crippen LogP contribution in [0.1, 0.15) is 18.1 Å². The number of anilines is 1. The molecule has 6 heteroatoms. The van der Waals surface area contributed by atoms with Crippen LogP contribution in [-0.2, 0) is 17.9 Å². The van der Waals surface area contributed by atoms with Crippen LogP contribution in [0, 0.1) is 0 Å². The van der Waals surface area contributed by atoms with E-state index in [0.717, 1.165) is 23.8 Å². The van der Waals surface area contributed by atoms with E-state index in [1.54, 1.807) is 0 Å². The Balaban J connectivity index is 0.00000312. The van der Waals surface area contributed by atoms with Crippen molar-refractivity contribution in [3.63, 3.8) is 0 Å². The average molecular weight is 452 g/mol. The first-order chi connectivity index (χ1) is 11.5. The number of carbonyl (C=O) groups is 1. The van der Waals surface area contributed by atoms with E-state index < -0.39 is 0 Å². The van der Waals surface area contributed by atoms with Gasteiger partial charge in [0.15, 0.2) is 5.96 Å². The number of hydrogen-bond donors (Lipinski definition) is 2. The number of nitrogens with one attached hydrogen (secondary N) is 2. The summed E-state index contributed by atoms with van der Waals surface area (Å²) >= 11 is 0. The van der Waals surface area contributed by atoms with E-state index in [2.05, 4.69) is 27.8 Å². The summed E-state index contributed by atoms with van der Waals surface area (Å²) in [7, 11) is 3.93. The Morgan fingerprint density at radius 1 is 1.04 bits per heavy atom. The third-order valence-electron chi connectivity index (χ3n) is 3.38. The molecule has 25 heavy (non-hydrogen) atoms. The number of halogens is 1. The van der Waals surface area contributed by atoms with Gasteiger partial charge in [-0.05, 0) is 23.3 Å². The molecular weight excluding hydrogens is 427 g/mol. The second kappa shape index (κ2) is 10.7. The second-order valence-corrected chi connectivity index (χ2v) is 5.75. The maximum atomic E-state index is 11.1. The lowest BCUT2D eigenvalue weighted by atomic mass is 10.2. The smallest absolute Gasteiger partial charge is 0.221 e. The van der Waals surface area contributed by atoms with E-state index in [-0.39, 0.29) is 29.9 Å². The molecule has 0 aliphatic heterocycles. The monoisotopic (exact) mass is 452 g/mol. The van der Waals surface area contributed by atoms with Crippen LogP contribution in [0.5, 0.6) is 0 Å². The van der Waals surface area contributed by atoms with Gasteiger partial charge in [0.1, 0.15) is 0 Å². The minimum absolute atomic E-state index is 0. The van der Waals surface area contributed by atoms with Crippen LogP contribution in [0.4, 0.5) is 5.69 Å². The normalized spacial score (nSPS) is 10.6. The molecule has 0 saturated carbocycles. The first-order valence-electron chi connectivity index (χ1n) is 7.90. The fourth-order valence-electron chi connectivity index (χ4n) is 2.25. The molecule has 0 aliphatic rings. The van der Waals surface area contributed by atoms with Crippen LogP contribution in [-0.4, -0.2) is 30.9 Å². The van der Waals surface area contributed by atoms with Gasteiger partial charge in [0.25, 0.3) is 0 Å². The van der Waals surface area contributed by atoms with Crippen LogP contribution in [0.15, 0.2) is 59.6 Å². The number of benzene rings is 2. The molecule has 0 radical (unpaired) electrons. The van der Waals surface area contributed by atoms with Crippen molar-refractivity contribution < 1.29 is 4.79 Å². The Kier molecular flexibility index (Phi) is 8.98. The van der Waals surface area contributed by atoms with Crippen molar-refractivity contribution in [2.75, 3.05) is 19.4 Å². The predicted octanol–water partition coefficient (Wildman–Crippen LogP) is 3.47. The molecule has 0 spiro atoms. The molecule has 1 amide bonds.